The smallest absolute Gasteiger partial charge is 0.267 e. The Hall–Kier alpha value is -2.62. The zero-order chi connectivity index (χ0) is 13.9. The van der Waals surface area contributed by atoms with Crippen LogP contribution in [-0.2, 0) is 6.54 Å². The fourth-order valence-electron chi connectivity index (χ4n) is 1.98. The summed E-state index contributed by atoms with van der Waals surface area (Å²) in [5, 5.41) is 4.34. The third kappa shape index (κ3) is 2.54. The normalized spacial score (nSPS) is 10.7. The van der Waals surface area contributed by atoms with Crippen LogP contribution in [0.4, 0.5) is 0 Å². The summed E-state index contributed by atoms with van der Waals surface area (Å²) in [7, 11) is 0. The summed E-state index contributed by atoms with van der Waals surface area (Å²) >= 11 is 0. The molecule has 0 amide bonds. The molecule has 2 heterocycles. The monoisotopic (exact) mass is 266 g/mol. The van der Waals surface area contributed by atoms with E-state index in [1.807, 2.05) is 37.3 Å². The highest BCUT2D eigenvalue weighted by Gasteiger charge is 2.06. The molecule has 0 bridgehead atoms. The van der Waals surface area contributed by atoms with E-state index in [1.54, 1.807) is 18.4 Å². The average molecular weight is 266 g/mol. The lowest BCUT2D eigenvalue weighted by Crippen LogP contribution is -2.22. The maximum absolute atomic E-state index is 11.9. The van der Waals surface area contributed by atoms with Gasteiger partial charge in [-0.15, -0.1) is 0 Å². The number of hydrogen-bond acceptors (Lipinski definition) is 3. The minimum Gasteiger partial charge on any atom is -0.463 e. The van der Waals surface area contributed by atoms with Gasteiger partial charge < -0.3 is 4.42 Å². The SMILES string of the molecule is Cc1ccc(Cn2nc(-c3ccco3)ccc2=O)cc1. The van der Waals surface area contributed by atoms with Gasteiger partial charge in [-0.3, -0.25) is 4.79 Å². The zero-order valence-electron chi connectivity index (χ0n) is 11.1. The van der Waals surface area contributed by atoms with Crippen LogP contribution in [0.5, 0.6) is 0 Å². The van der Waals surface area contributed by atoms with Crippen LogP contribution < -0.4 is 5.56 Å². The van der Waals surface area contributed by atoms with Crippen LogP contribution in [0.25, 0.3) is 11.5 Å². The van der Waals surface area contributed by atoms with Crippen LogP contribution in [-0.4, -0.2) is 9.78 Å². The lowest BCUT2D eigenvalue weighted by atomic mass is 10.1. The predicted octanol–water partition coefficient (Wildman–Crippen LogP) is 2.86. The highest BCUT2D eigenvalue weighted by molar-refractivity contribution is 5.50. The van der Waals surface area contributed by atoms with E-state index in [4.69, 9.17) is 4.42 Å². The van der Waals surface area contributed by atoms with Crippen LogP contribution in [0.2, 0.25) is 0 Å². The van der Waals surface area contributed by atoms with Crippen molar-refractivity contribution in [2.45, 2.75) is 13.5 Å². The summed E-state index contributed by atoms with van der Waals surface area (Å²) in [6, 6.07) is 14.9. The summed E-state index contributed by atoms with van der Waals surface area (Å²) < 4.78 is 6.75. The lowest BCUT2D eigenvalue weighted by Gasteiger charge is -2.06. The van der Waals surface area contributed by atoms with Crippen molar-refractivity contribution < 1.29 is 4.42 Å². The molecule has 0 radical (unpaired) electrons. The van der Waals surface area contributed by atoms with Gasteiger partial charge in [0.15, 0.2) is 5.76 Å². The number of hydrogen-bond donors (Lipinski definition) is 0. The molecule has 4 heteroatoms. The Morgan fingerprint density at radius 3 is 2.60 bits per heavy atom. The molecule has 20 heavy (non-hydrogen) atoms. The zero-order valence-corrected chi connectivity index (χ0v) is 11.1. The maximum atomic E-state index is 11.9. The molecule has 0 spiro atoms. The number of nitrogens with zero attached hydrogens (tertiary/aromatic N) is 2. The lowest BCUT2D eigenvalue weighted by molar-refractivity contribution is 0.569. The van der Waals surface area contributed by atoms with Crippen molar-refractivity contribution >= 4 is 0 Å². The third-order valence-corrected chi connectivity index (χ3v) is 3.09. The molecule has 4 nitrogen and oxygen atoms in total. The maximum Gasteiger partial charge on any atom is 0.267 e. The molecule has 0 unspecified atom stereocenters. The molecule has 0 saturated carbocycles. The standard InChI is InChI=1S/C16H14N2O2/c1-12-4-6-13(7-5-12)11-18-16(19)9-8-14(17-18)15-3-2-10-20-15/h2-10H,11H2,1H3. The van der Waals surface area contributed by atoms with Crippen LogP contribution in [0.3, 0.4) is 0 Å². The van der Waals surface area contributed by atoms with Crippen molar-refractivity contribution in [3.05, 3.63) is 76.3 Å². The first-order valence-electron chi connectivity index (χ1n) is 6.40. The summed E-state index contributed by atoms with van der Waals surface area (Å²) in [5.41, 5.74) is 2.77. The summed E-state index contributed by atoms with van der Waals surface area (Å²) in [4.78, 5) is 11.9. The molecule has 0 saturated heterocycles. The Kier molecular flexibility index (Phi) is 3.21. The van der Waals surface area contributed by atoms with Gasteiger partial charge >= 0.3 is 0 Å². The first-order chi connectivity index (χ1) is 9.72. The van der Waals surface area contributed by atoms with Crippen LogP contribution in [0.1, 0.15) is 11.1 Å². The fraction of sp³-hybridized carbons (Fsp3) is 0.125. The van der Waals surface area contributed by atoms with E-state index >= 15 is 0 Å². The summed E-state index contributed by atoms with van der Waals surface area (Å²) in [6.07, 6.45) is 1.59. The van der Waals surface area contributed by atoms with Crippen LogP contribution in [0.15, 0.2) is 64.0 Å². The van der Waals surface area contributed by atoms with Gasteiger partial charge in [0, 0.05) is 6.07 Å². The molecule has 2 aromatic heterocycles. The highest BCUT2D eigenvalue weighted by atomic mass is 16.3. The third-order valence-electron chi connectivity index (χ3n) is 3.09. The van der Waals surface area contributed by atoms with Gasteiger partial charge in [-0.2, -0.15) is 5.10 Å². The van der Waals surface area contributed by atoms with Gasteiger partial charge in [-0.1, -0.05) is 29.8 Å². The Morgan fingerprint density at radius 1 is 1.10 bits per heavy atom. The highest BCUT2D eigenvalue weighted by Crippen LogP contribution is 2.15. The topological polar surface area (TPSA) is 48.0 Å². The molecule has 0 N–H and O–H groups in total. The molecule has 0 aliphatic carbocycles. The van der Waals surface area contributed by atoms with Crippen molar-refractivity contribution in [3.63, 3.8) is 0 Å². The summed E-state index contributed by atoms with van der Waals surface area (Å²) in [6.45, 7) is 2.49. The number of aryl methyl sites for hydroxylation is 1. The minimum absolute atomic E-state index is 0.124. The van der Waals surface area contributed by atoms with Crippen molar-refractivity contribution in [3.8, 4) is 11.5 Å². The largest absolute Gasteiger partial charge is 0.463 e. The van der Waals surface area contributed by atoms with Crippen LogP contribution in [0, 0.1) is 6.92 Å². The van der Waals surface area contributed by atoms with E-state index in [2.05, 4.69) is 5.10 Å². The minimum atomic E-state index is -0.124. The number of benzene rings is 1. The molecule has 0 aliphatic rings. The molecule has 1 aromatic carbocycles. The van der Waals surface area contributed by atoms with Crippen LogP contribution >= 0.6 is 0 Å². The Morgan fingerprint density at radius 2 is 1.90 bits per heavy atom. The number of aromatic nitrogens is 2. The van der Waals surface area contributed by atoms with E-state index < -0.39 is 0 Å². The van der Waals surface area contributed by atoms with E-state index in [0.717, 1.165) is 5.56 Å². The molecular formula is C16H14N2O2. The first-order valence-corrected chi connectivity index (χ1v) is 6.40. The predicted molar refractivity (Wildman–Crippen MR) is 76.5 cm³/mol. The Labute approximate surface area is 116 Å². The van der Waals surface area contributed by atoms with E-state index in [0.29, 0.717) is 18.0 Å². The van der Waals surface area contributed by atoms with E-state index in [-0.39, 0.29) is 5.56 Å². The van der Waals surface area contributed by atoms with Crippen molar-refractivity contribution in [1.82, 2.24) is 9.78 Å². The van der Waals surface area contributed by atoms with Crippen molar-refractivity contribution in [2.75, 3.05) is 0 Å². The molecule has 100 valence electrons. The van der Waals surface area contributed by atoms with Crippen molar-refractivity contribution in [1.29, 1.82) is 0 Å². The van der Waals surface area contributed by atoms with Gasteiger partial charge in [-0.25, -0.2) is 4.68 Å². The molecule has 3 rings (SSSR count). The number of rotatable bonds is 3. The molecular weight excluding hydrogens is 252 g/mol. The van der Waals surface area contributed by atoms with Gasteiger partial charge in [0.1, 0.15) is 5.69 Å². The van der Waals surface area contributed by atoms with Gasteiger partial charge in [-0.05, 0) is 30.7 Å². The number of furan rings is 1. The van der Waals surface area contributed by atoms with Crippen molar-refractivity contribution in [2.24, 2.45) is 0 Å². The first kappa shape index (κ1) is 12.4. The Balaban J connectivity index is 1.95. The van der Waals surface area contributed by atoms with Gasteiger partial charge in [0.2, 0.25) is 0 Å². The van der Waals surface area contributed by atoms with E-state index in [1.165, 1.54) is 16.3 Å². The van der Waals surface area contributed by atoms with E-state index in [9.17, 15) is 4.79 Å². The fourth-order valence-corrected chi connectivity index (χ4v) is 1.98. The van der Waals surface area contributed by atoms with Gasteiger partial charge in [0.25, 0.3) is 5.56 Å². The Bertz CT molecular complexity index is 756. The summed E-state index contributed by atoms with van der Waals surface area (Å²) in [5.74, 6) is 0.655. The second kappa shape index (κ2) is 5.17. The average Bonchev–Trinajstić information content (AvgIpc) is 2.98. The second-order valence-electron chi connectivity index (χ2n) is 4.68. The molecule has 0 fully saturated rings. The molecule has 3 aromatic rings. The van der Waals surface area contributed by atoms with Gasteiger partial charge in [0.05, 0.1) is 12.8 Å². The molecule has 0 atom stereocenters. The quantitative estimate of drug-likeness (QED) is 0.732. The molecule has 0 aliphatic heterocycles. The second-order valence-corrected chi connectivity index (χ2v) is 4.68.